The van der Waals surface area contributed by atoms with Gasteiger partial charge in [0.15, 0.2) is 0 Å². The number of nitrogens with zero attached hydrogens (tertiary/aromatic N) is 2. The van der Waals surface area contributed by atoms with Gasteiger partial charge in [0.05, 0.1) is 11.9 Å². The Hall–Kier alpha value is -1.31. The number of nitrogens with one attached hydrogen (secondary N) is 1. The van der Waals surface area contributed by atoms with Crippen LogP contribution in [0.2, 0.25) is 5.02 Å². The fourth-order valence-corrected chi connectivity index (χ4v) is 4.65. The highest BCUT2D eigenvalue weighted by Crippen LogP contribution is 2.23. The van der Waals surface area contributed by atoms with E-state index in [-0.39, 0.29) is 5.91 Å². The molecule has 27 heavy (non-hydrogen) atoms. The SMILES string of the molecule is CC1CCN(CCCNC(=O)[C@@H](C)N(c2ccc(Cl)cc2)S(C)(=O)=O)CC1. The first-order valence-electron chi connectivity index (χ1n) is 9.43. The lowest BCUT2D eigenvalue weighted by Crippen LogP contribution is -2.48. The minimum atomic E-state index is -3.61. The molecule has 1 fully saturated rings. The summed E-state index contributed by atoms with van der Waals surface area (Å²) in [6.45, 7) is 7.60. The van der Waals surface area contributed by atoms with Crippen LogP contribution in [0, 0.1) is 5.92 Å². The molecule has 1 N–H and O–H groups in total. The molecule has 8 heteroatoms. The molecule has 1 amide bonds. The summed E-state index contributed by atoms with van der Waals surface area (Å²) in [6, 6.07) is 5.59. The predicted octanol–water partition coefficient (Wildman–Crippen LogP) is 2.73. The maximum atomic E-state index is 12.5. The molecule has 0 aliphatic carbocycles. The Balaban J connectivity index is 1.88. The van der Waals surface area contributed by atoms with E-state index < -0.39 is 16.1 Å². The minimum Gasteiger partial charge on any atom is -0.354 e. The Bertz CT molecular complexity index is 716. The second-order valence-corrected chi connectivity index (χ2v) is 9.68. The van der Waals surface area contributed by atoms with Gasteiger partial charge in [-0.25, -0.2) is 8.42 Å². The molecule has 6 nitrogen and oxygen atoms in total. The molecule has 2 rings (SSSR count). The molecule has 0 bridgehead atoms. The van der Waals surface area contributed by atoms with Crippen molar-refractivity contribution >= 4 is 33.2 Å². The molecule has 1 aromatic carbocycles. The Morgan fingerprint density at radius 3 is 2.44 bits per heavy atom. The molecular weight excluding hydrogens is 386 g/mol. The number of anilines is 1. The zero-order valence-corrected chi connectivity index (χ0v) is 17.9. The van der Waals surface area contributed by atoms with Gasteiger partial charge >= 0.3 is 0 Å². The fourth-order valence-electron chi connectivity index (χ4n) is 3.34. The van der Waals surface area contributed by atoms with Crippen LogP contribution in [0.5, 0.6) is 0 Å². The van der Waals surface area contributed by atoms with Crippen molar-refractivity contribution in [3.05, 3.63) is 29.3 Å². The molecule has 0 saturated carbocycles. The van der Waals surface area contributed by atoms with Crippen LogP contribution in [-0.2, 0) is 14.8 Å². The van der Waals surface area contributed by atoms with Crippen LogP contribution in [0.15, 0.2) is 24.3 Å². The van der Waals surface area contributed by atoms with E-state index in [1.165, 1.54) is 12.8 Å². The van der Waals surface area contributed by atoms with Crippen LogP contribution < -0.4 is 9.62 Å². The average molecular weight is 416 g/mol. The first kappa shape index (κ1) is 22.0. The number of amides is 1. The first-order valence-corrected chi connectivity index (χ1v) is 11.7. The summed E-state index contributed by atoms with van der Waals surface area (Å²) in [6.07, 6.45) is 4.41. The Kier molecular flexibility index (Phi) is 7.94. The van der Waals surface area contributed by atoms with Gasteiger partial charge in [0.25, 0.3) is 0 Å². The van der Waals surface area contributed by atoms with Crippen LogP contribution in [0.1, 0.15) is 33.1 Å². The smallest absolute Gasteiger partial charge is 0.243 e. The molecule has 0 spiro atoms. The standard InChI is InChI=1S/C19H30ClN3O3S/c1-15-9-13-22(14-10-15)12-4-11-21-19(24)16(2)23(27(3,25)26)18-7-5-17(20)6-8-18/h5-8,15-16H,4,9-14H2,1-3H3,(H,21,24)/t16-/m1/s1. The monoisotopic (exact) mass is 415 g/mol. The van der Waals surface area contributed by atoms with Crippen molar-refractivity contribution in [3.8, 4) is 0 Å². The Labute approximate surface area is 167 Å². The van der Waals surface area contributed by atoms with Gasteiger partial charge in [0.2, 0.25) is 15.9 Å². The van der Waals surface area contributed by atoms with Crippen molar-refractivity contribution in [1.29, 1.82) is 0 Å². The van der Waals surface area contributed by atoms with Crippen LogP contribution >= 0.6 is 11.6 Å². The van der Waals surface area contributed by atoms with E-state index in [2.05, 4.69) is 17.1 Å². The lowest BCUT2D eigenvalue weighted by molar-refractivity contribution is -0.121. The number of likely N-dealkylation sites (tertiary alicyclic amines) is 1. The van der Waals surface area contributed by atoms with E-state index in [1.54, 1.807) is 31.2 Å². The summed E-state index contributed by atoms with van der Waals surface area (Å²) in [5.74, 6) is 0.499. The second-order valence-electron chi connectivity index (χ2n) is 7.38. The predicted molar refractivity (Wildman–Crippen MR) is 111 cm³/mol. The van der Waals surface area contributed by atoms with E-state index in [0.717, 1.165) is 42.5 Å². The number of piperidine rings is 1. The molecule has 0 aromatic heterocycles. The number of sulfonamides is 1. The zero-order chi connectivity index (χ0) is 20.0. The van der Waals surface area contributed by atoms with E-state index in [9.17, 15) is 13.2 Å². The number of hydrogen-bond acceptors (Lipinski definition) is 4. The molecule has 0 radical (unpaired) electrons. The van der Waals surface area contributed by atoms with Gasteiger partial charge in [-0.05, 0) is 76.0 Å². The highest BCUT2D eigenvalue weighted by Gasteiger charge is 2.28. The third-order valence-corrected chi connectivity index (χ3v) is 6.49. The molecule has 1 aliphatic rings. The Morgan fingerprint density at radius 2 is 1.89 bits per heavy atom. The highest BCUT2D eigenvalue weighted by atomic mass is 35.5. The van der Waals surface area contributed by atoms with Gasteiger partial charge in [-0.15, -0.1) is 0 Å². The molecule has 0 unspecified atom stereocenters. The van der Waals surface area contributed by atoms with E-state index in [1.807, 2.05) is 0 Å². The van der Waals surface area contributed by atoms with Crippen molar-refractivity contribution < 1.29 is 13.2 Å². The van der Waals surface area contributed by atoms with Crippen LogP contribution in [0.3, 0.4) is 0 Å². The highest BCUT2D eigenvalue weighted by molar-refractivity contribution is 7.92. The summed E-state index contributed by atoms with van der Waals surface area (Å²) in [5, 5.41) is 3.38. The quantitative estimate of drug-likeness (QED) is 0.663. The molecule has 1 atom stereocenters. The zero-order valence-electron chi connectivity index (χ0n) is 16.3. The van der Waals surface area contributed by atoms with Crippen LogP contribution in [0.25, 0.3) is 0 Å². The van der Waals surface area contributed by atoms with Crippen LogP contribution in [-0.4, -0.2) is 57.7 Å². The summed E-state index contributed by atoms with van der Waals surface area (Å²) >= 11 is 5.88. The number of halogens is 1. The summed E-state index contributed by atoms with van der Waals surface area (Å²) < 4.78 is 25.6. The lowest BCUT2D eigenvalue weighted by atomic mass is 9.99. The average Bonchev–Trinajstić information content (AvgIpc) is 2.60. The molecule has 152 valence electrons. The Morgan fingerprint density at radius 1 is 1.30 bits per heavy atom. The van der Waals surface area contributed by atoms with Crippen molar-refractivity contribution in [2.45, 2.75) is 39.2 Å². The van der Waals surface area contributed by atoms with Gasteiger partial charge in [-0.1, -0.05) is 18.5 Å². The summed E-state index contributed by atoms with van der Waals surface area (Å²) in [5.41, 5.74) is 0.423. The van der Waals surface area contributed by atoms with Crippen molar-refractivity contribution in [1.82, 2.24) is 10.2 Å². The third-order valence-electron chi connectivity index (χ3n) is 5.00. The van der Waals surface area contributed by atoms with Crippen LogP contribution in [0.4, 0.5) is 5.69 Å². The maximum Gasteiger partial charge on any atom is 0.243 e. The van der Waals surface area contributed by atoms with Gasteiger partial charge in [-0.2, -0.15) is 0 Å². The molecular formula is C19H30ClN3O3S. The van der Waals surface area contributed by atoms with Crippen molar-refractivity contribution in [3.63, 3.8) is 0 Å². The largest absolute Gasteiger partial charge is 0.354 e. The van der Waals surface area contributed by atoms with E-state index >= 15 is 0 Å². The van der Waals surface area contributed by atoms with Crippen molar-refractivity contribution in [2.24, 2.45) is 5.92 Å². The minimum absolute atomic E-state index is 0.303. The molecule has 1 saturated heterocycles. The first-order chi connectivity index (χ1) is 12.7. The van der Waals surface area contributed by atoms with E-state index in [0.29, 0.717) is 17.3 Å². The normalized spacial score (nSPS) is 17.5. The number of carbonyl (C=O) groups excluding carboxylic acids is 1. The number of hydrogen-bond donors (Lipinski definition) is 1. The van der Waals surface area contributed by atoms with Gasteiger partial charge < -0.3 is 10.2 Å². The topological polar surface area (TPSA) is 69.7 Å². The molecule has 1 aromatic rings. The summed E-state index contributed by atoms with van der Waals surface area (Å²) in [4.78, 5) is 14.9. The molecule has 1 aliphatic heterocycles. The number of benzene rings is 1. The summed E-state index contributed by atoms with van der Waals surface area (Å²) in [7, 11) is -3.61. The number of rotatable bonds is 8. The maximum absolute atomic E-state index is 12.5. The van der Waals surface area contributed by atoms with Gasteiger partial charge in [-0.3, -0.25) is 9.10 Å². The second kappa shape index (κ2) is 9.75. The number of carbonyl (C=O) groups is 1. The lowest BCUT2D eigenvalue weighted by Gasteiger charge is -2.30. The van der Waals surface area contributed by atoms with Gasteiger partial charge in [0.1, 0.15) is 6.04 Å². The van der Waals surface area contributed by atoms with E-state index in [4.69, 9.17) is 11.6 Å². The molecule has 1 heterocycles. The third kappa shape index (κ3) is 6.66. The van der Waals surface area contributed by atoms with Crippen molar-refractivity contribution in [2.75, 3.05) is 36.7 Å². The fraction of sp³-hybridized carbons (Fsp3) is 0.632. The van der Waals surface area contributed by atoms with Gasteiger partial charge in [0, 0.05) is 11.6 Å².